The number of ether oxygens (including phenoxy) is 2. The lowest BCUT2D eigenvalue weighted by atomic mass is 9.78. The van der Waals surface area contributed by atoms with Crippen molar-refractivity contribution in [1.82, 2.24) is 9.80 Å². The van der Waals surface area contributed by atoms with Crippen LogP contribution in [0.5, 0.6) is 0 Å². The fourth-order valence-electron chi connectivity index (χ4n) is 5.28. The molecule has 4 rings (SSSR count). The van der Waals surface area contributed by atoms with Crippen molar-refractivity contribution in [3.63, 3.8) is 0 Å². The smallest absolute Gasteiger partial charge is 0.323 e. The lowest BCUT2D eigenvalue weighted by Crippen LogP contribution is -2.50. The van der Waals surface area contributed by atoms with Crippen molar-refractivity contribution in [2.75, 3.05) is 53.1 Å². The molecular formula is C31H44N2O6. The van der Waals surface area contributed by atoms with E-state index in [2.05, 4.69) is 46.2 Å². The summed E-state index contributed by atoms with van der Waals surface area (Å²) in [6.45, 7) is 7.25. The van der Waals surface area contributed by atoms with Gasteiger partial charge in [0.2, 0.25) is 0 Å². The Morgan fingerprint density at radius 1 is 0.744 bits per heavy atom. The molecule has 2 heterocycles. The second-order valence-corrected chi connectivity index (χ2v) is 10.6. The van der Waals surface area contributed by atoms with E-state index in [4.69, 9.17) is 9.47 Å². The Morgan fingerprint density at radius 3 is 1.56 bits per heavy atom. The summed E-state index contributed by atoms with van der Waals surface area (Å²) in [7, 11) is 1.32. The fraction of sp³-hybridized carbons (Fsp3) is 0.548. The second kappa shape index (κ2) is 15.1. The Hall–Kier alpha value is -2.78. The van der Waals surface area contributed by atoms with Gasteiger partial charge in [0.25, 0.3) is 0 Å². The summed E-state index contributed by atoms with van der Waals surface area (Å²) < 4.78 is 9.96. The van der Waals surface area contributed by atoms with E-state index < -0.39 is 17.4 Å². The van der Waals surface area contributed by atoms with Gasteiger partial charge in [0, 0.05) is 31.6 Å². The first-order chi connectivity index (χ1) is 18.9. The summed E-state index contributed by atoms with van der Waals surface area (Å²) in [5.74, 6) is -0.938. The maximum atomic E-state index is 12.2. The Morgan fingerprint density at radius 2 is 1.18 bits per heavy atom. The lowest BCUT2D eigenvalue weighted by Gasteiger charge is -2.39. The quantitative estimate of drug-likeness (QED) is 0.369. The molecule has 0 aromatic heterocycles. The number of carbonyl (C=O) groups is 2. The lowest BCUT2D eigenvalue weighted by molar-refractivity contribution is -0.174. The van der Waals surface area contributed by atoms with Gasteiger partial charge in [-0.05, 0) is 56.8 Å². The van der Waals surface area contributed by atoms with E-state index in [0.29, 0.717) is 25.9 Å². The van der Waals surface area contributed by atoms with Crippen molar-refractivity contribution in [3.05, 3.63) is 71.8 Å². The van der Waals surface area contributed by atoms with Crippen molar-refractivity contribution in [1.29, 1.82) is 0 Å². The van der Waals surface area contributed by atoms with Crippen LogP contribution in [-0.2, 0) is 32.2 Å². The molecular weight excluding hydrogens is 496 g/mol. The number of esters is 2. The number of nitrogens with zero attached hydrogens (tertiary/aromatic N) is 2. The maximum absolute atomic E-state index is 12.2. The van der Waals surface area contributed by atoms with Crippen LogP contribution in [0.2, 0.25) is 0 Å². The highest BCUT2D eigenvalue weighted by Crippen LogP contribution is 2.35. The fourth-order valence-corrected chi connectivity index (χ4v) is 5.28. The predicted molar refractivity (Wildman–Crippen MR) is 150 cm³/mol. The molecule has 0 unspecified atom stereocenters. The van der Waals surface area contributed by atoms with Crippen molar-refractivity contribution in [3.8, 4) is 0 Å². The number of aliphatic hydroxyl groups excluding tert-OH is 2. The average molecular weight is 541 g/mol. The van der Waals surface area contributed by atoms with Gasteiger partial charge in [0.1, 0.15) is 0 Å². The minimum Gasteiger partial charge on any atom is -0.468 e. The normalized spacial score (nSPS) is 18.9. The summed E-state index contributed by atoms with van der Waals surface area (Å²) in [6, 6.07) is 20.6. The monoisotopic (exact) mass is 540 g/mol. The third kappa shape index (κ3) is 8.35. The Kier molecular flexibility index (Phi) is 11.9. The van der Waals surface area contributed by atoms with Crippen molar-refractivity contribution < 1.29 is 29.3 Å². The van der Waals surface area contributed by atoms with Crippen LogP contribution < -0.4 is 0 Å². The summed E-state index contributed by atoms with van der Waals surface area (Å²) in [5.41, 5.74) is 1.17. The van der Waals surface area contributed by atoms with Gasteiger partial charge in [0.05, 0.1) is 26.9 Å². The highest BCUT2D eigenvalue weighted by atomic mass is 16.6. The van der Waals surface area contributed by atoms with Crippen LogP contribution in [0.3, 0.4) is 0 Å². The van der Waals surface area contributed by atoms with Gasteiger partial charge in [-0.25, -0.2) is 0 Å². The number of hydrogen-bond acceptors (Lipinski definition) is 8. The van der Waals surface area contributed by atoms with E-state index >= 15 is 0 Å². The van der Waals surface area contributed by atoms with Gasteiger partial charge in [0.15, 0.2) is 5.41 Å². The van der Waals surface area contributed by atoms with E-state index in [1.54, 1.807) is 6.92 Å². The zero-order valence-electron chi connectivity index (χ0n) is 23.4. The molecule has 0 radical (unpaired) electrons. The summed E-state index contributed by atoms with van der Waals surface area (Å²) in [6.07, 6.45) is 2.64. The Labute approximate surface area is 232 Å². The van der Waals surface area contributed by atoms with E-state index in [9.17, 15) is 19.8 Å². The number of benzene rings is 2. The average Bonchev–Trinajstić information content (AvgIpc) is 2.99. The molecule has 2 aromatic carbocycles. The number of likely N-dealkylation sites (tertiary alicyclic amines) is 2. The van der Waals surface area contributed by atoms with Crippen LogP contribution in [0.1, 0.15) is 43.7 Å². The van der Waals surface area contributed by atoms with Gasteiger partial charge >= 0.3 is 11.9 Å². The molecule has 2 fully saturated rings. The zero-order chi connectivity index (χ0) is 28.1. The first-order valence-corrected chi connectivity index (χ1v) is 13.9. The molecule has 8 nitrogen and oxygen atoms in total. The minimum absolute atomic E-state index is 0.0999. The van der Waals surface area contributed by atoms with Crippen molar-refractivity contribution >= 4 is 11.9 Å². The molecule has 2 aliphatic rings. The Bertz CT molecular complexity index is 994. The summed E-state index contributed by atoms with van der Waals surface area (Å²) >= 11 is 0. The zero-order valence-corrected chi connectivity index (χ0v) is 23.4. The van der Waals surface area contributed by atoms with Crippen LogP contribution in [0.4, 0.5) is 0 Å². The van der Waals surface area contributed by atoms with Crippen LogP contribution >= 0.6 is 0 Å². The first kappa shape index (κ1) is 30.8. The summed E-state index contributed by atoms with van der Waals surface area (Å²) in [5, 5.41) is 18.7. The van der Waals surface area contributed by atoms with Crippen LogP contribution in [-0.4, -0.2) is 85.1 Å². The van der Waals surface area contributed by atoms with Crippen molar-refractivity contribution in [2.45, 2.75) is 45.7 Å². The number of rotatable bonds is 9. The molecule has 8 heteroatoms. The number of hydrogen-bond donors (Lipinski definition) is 2. The highest BCUT2D eigenvalue weighted by molar-refractivity contribution is 6.00. The van der Waals surface area contributed by atoms with Gasteiger partial charge in [-0.15, -0.1) is 0 Å². The SMILES string of the molecule is CCOC(=O)C1(C(=O)OC)CCN(Cc2ccccc2)CC1.OCC1(CO)CCN(Cc2ccccc2)CC1. The molecule has 2 N–H and O–H groups in total. The van der Waals surface area contributed by atoms with Gasteiger partial charge in [-0.1, -0.05) is 60.7 Å². The number of piperidine rings is 2. The van der Waals surface area contributed by atoms with Gasteiger partial charge in [-0.2, -0.15) is 0 Å². The molecule has 0 aliphatic carbocycles. The van der Waals surface area contributed by atoms with Gasteiger partial charge in [-0.3, -0.25) is 19.4 Å². The molecule has 2 aliphatic heterocycles. The molecule has 0 spiro atoms. The number of carbonyl (C=O) groups excluding carboxylic acids is 2. The molecule has 0 amide bonds. The maximum Gasteiger partial charge on any atom is 0.323 e. The first-order valence-electron chi connectivity index (χ1n) is 13.9. The molecule has 39 heavy (non-hydrogen) atoms. The van der Waals surface area contributed by atoms with E-state index in [-0.39, 0.29) is 25.2 Å². The molecule has 0 bridgehead atoms. The van der Waals surface area contributed by atoms with Crippen LogP contribution in [0.25, 0.3) is 0 Å². The molecule has 0 saturated carbocycles. The van der Waals surface area contributed by atoms with E-state index in [0.717, 1.165) is 39.0 Å². The molecule has 214 valence electrons. The summed E-state index contributed by atoms with van der Waals surface area (Å²) in [4.78, 5) is 29.0. The van der Waals surface area contributed by atoms with Crippen molar-refractivity contribution in [2.24, 2.45) is 10.8 Å². The largest absolute Gasteiger partial charge is 0.468 e. The van der Waals surface area contributed by atoms with Gasteiger partial charge < -0.3 is 19.7 Å². The van der Waals surface area contributed by atoms with Crippen LogP contribution in [0, 0.1) is 10.8 Å². The topological polar surface area (TPSA) is 99.5 Å². The Balaban J connectivity index is 0.000000223. The number of aliphatic hydroxyl groups is 2. The number of methoxy groups -OCH3 is 1. The van der Waals surface area contributed by atoms with E-state index in [1.807, 2.05) is 24.3 Å². The molecule has 0 atom stereocenters. The molecule has 2 aromatic rings. The van der Waals surface area contributed by atoms with Crippen LogP contribution in [0.15, 0.2) is 60.7 Å². The molecule has 2 saturated heterocycles. The highest BCUT2D eigenvalue weighted by Gasteiger charge is 2.50. The second-order valence-electron chi connectivity index (χ2n) is 10.6. The van der Waals surface area contributed by atoms with E-state index in [1.165, 1.54) is 18.2 Å². The third-order valence-electron chi connectivity index (χ3n) is 8.04. The predicted octanol–water partition coefficient (Wildman–Crippen LogP) is 3.26. The third-order valence-corrected chi connectivity index (χ3v) is 8.04. The standard InChI is InChI=1S/C17H23NO4.C14H21NO2/c1-3-22-16(20)17(15(19)21-2)9-11-18(12-10-17)13-14-7-5-4-6-8-14;16-11-14(12-17)6-8-15(9-7-14)10-13-4-2-1-3-5-13/h4-8H,3,9-13H2,1-2H3;1-5,16-17H,6-12H2. The minimum atomic E-state index is -1.14.